The van der Waals surface area contributed by atoms with E-state index in [9.17, 15) is 14.7 Å². The van der Waals surface area contributed by atoms with Crippen LogP contribution in [0.3, 0.4) is 0 Å². The second-order valence-electron chi connectivity index (χ2n) is 5.49. The maximum Gasteiger partial charge on any atom is 0.276 e. The largest absolute Gasteiger partial charge is 0.394 e. The third-order valence-corrected chi connectivity index (χ3v) is 3.77. The molecule has 2 aromatic carbocycles. The van der Waals surface area contributed by atoms with Crippen LogP contribution >= 0.6 is 0 Å². The third kappa shape index (κ3) is 3.33. The summed E-state index contributed by atoms with van der Waals surface area (Å²) in [5.74, 6) is -0.600. The minimum atomic E-state index is -0.600. The van der Waals surface area contributed by atoms with E-state index in [-0.39, 0.29) is 12.3 Å². The first-order valence-corrected chi connectivity index (χ1v) is 7.62. The van der Waals surface area contributed by atoms with Crippen LogP contribution in [0.15, 0.2) is 59.4 Å². The summed E-state index contributed by atoms with van der Waals surface area (Å²) in [4.78, 5) is 24.8. The molecule has 0 aliphatic carbocycles. The van der Waals surface area contributed by atoms with Crippen LogP contribution in [0, 0.1) is 0 Å². The second kappa shape index (κ2) is 7.06. The molecule has 1 heterocycles. The van der Waals surface area contributed by atoms with E-state index >= 15 is 0 Å². The van der Waals surface area contributed by atoms with Gasteiger partial charge in [-0.25, -0.2) is 0 Å². The zero-order chi connectivity index (χ0) is 16.9. The van der Waals surface area contributed by atoms with E-state index in [1.807, 2.05) is 30.3 Å². The lowest BCUT2D eigenvalue weighted by Gasteiger charge is -2.16. The first kappa shape index (κ1) is 15.9. The minimum absolute atomic E-state index is 0.208. The number of hydrogen-bond acceptors (Lipinski definition) is 4. The van der Waals surface area contributed by atoms with E-state index in [4.69, 9.17) is 0 Å². The first-order chi connectivity index (χ1) is 11.7. The lowest BCUT2D eigenvalue weighted by Crippen LogP contribution is -2.41. The van der Waals surface area contributed by atoms with Crippen molar-refractivity contribution < 1.29 is 9.90 Å². The van der Waals surface area contributed by atoms with Gasteiger partial charge in [0.25, 0.3) is 5.91 Å². The SMILES string of the molecule is O=C(NC(CO)Cc1ccccc1)c1n[nH]c2ccccc2c1=O. The number of amides is 1. The number of rotatable bonds is 5. The molecule has 3 N–H and O–H groups in total. The number of fused-ring (bicyclic) bond motifs is 1. The lowest BCUT2D eigenvalue weighted by molar-refractivity contribution is 0.0909. The molecule has 24 heavy (non-hydrogen) atoms. The van der Waals surface area contributed by atoms with Crippen molar-refractivity contribution in [3.8, 4) is 0 Å². The quantitative estimate of drug-likeness (QED) is 0.659. The van der Waals surface area contributed by atoms with E-state index in [1.54, 1.807) is 24.3 Å². The van der Waals surface area contributed by atoms with E-state index in [0.29, 0.717) is 17.3 Å². The molecule has 3 rings (SSSR count). The molecule has 1 amide bonds. The predicted octanol–water partition coefficient (Wildman–Crippen LogP) is 1.26. The molecule has 1 atom stereocenters. The van der Waals surface area contributed by atoms with Crippen LogP contribution in [-0.2, 0) is 6.42 Å². The average Bonchev–Trinajstić information content (AvgIpc) is 2.62. The zero-order valence-electron chi connectivity index (χ0n) is 12.9. The third-order valence-electron chi connectivity index (χ3n) is 3.77. The van der Waals surface area contributed by atoms with E-state index in [0.717, 1.165) is 5.56 Å². The Balaban J connectivity index is 1.81. The van der Waals surface area contributed by atoms with Crippen molar-refractivity contribution in [1.29, 1.82) is 0 Å². The molecule has 122 valence electrons. The van der Waals surface area contributed by atoms with Crippen molar-refractivity contribution in [3.63, 3.8) is 0 Å². The van der Waals surface area contributed by atoms with E-state index < -0.39 is 17.4 Å². The number of carbonyl (C=O) groups is 1. The summed E-state index contributed by atoms with van der Waals surface area (Å²) in [6, 6.07) is 15.9. The number of aliphatic hydroxyl groups is 1. The van der Waals surface area contributed by atoms with Crippen molar-refractivity contribution in [2.45, 2.75) is 12.5 Å². The highest BCUT2D eigenvalue weighted by Crippen LogP contribution is 2.06. The monoisotopic (exact) mass is 323 g/mol. The molecule has 0 saturated carbocycles. The molecule has 0 spiro atoms. The number of nitrogens with zero attached hydrogens (tertiary/aromatic N) is 1. The van der Waals surface area contributed by atoms with Crippen molar-refractivity contribution in [2.75, 3.05) is 6.61 Å². The number of aromatic amines is 1. The fourth-order valence-corrected chi connectivity index (χ4v) is 2.54. The number of hydrogen-bond donors (Lipinski definition) is 3. The van der Waals surface area contributed by atoms with E-state index in [2.05, 4.69) is 15.5 Å². The fourth-order valence-electron chi connectivity index (χ4n) is 2.54. The smallest absolute Gasteiger partial charge is 0.276 e. The van der Waals surface area contributed by atoms with Crippen molar-refractivity contribution in [3.05, 3.63) is 76.1 Å². The molecule has 0 aliphatic rings. The number of aliphatic hydroxyl groups excluding tert-OH is 1. The zero-order valence-corrected chi connectivity index (χ0v) is 12.9. The molecule has 6 heteroatoms. The molecule has 6 nitrogen and oxygen atoms in total. The van der Waals surface area contributed by atoms with Gasteiger partial charge in [0, 0.05) is 5.39 Å². The van der Waals surface area contributed by atoms with Gasteiger partial charge in [-0.15, -0.1) is 0 Å². The van der Waals surface area contributed by atoms with Gasteiger partial charge in [-0.1, -0.05) is 42.5 Å². The topological polar surface area (TPSA) is 95.1 Å². The van der Waals surface area contributed by atoms with Gasteiger partial charge in [-0.2, -0.15) is 5.10 Å². The minimum Gasteiger partial charge on any atom is -0.394 e. The predicted molar refractivity (Wildman–Crippen MR) is 90.8 cm³/mol. The van der Waals surface area contributed by atoms with Crippen molar-refractivity contribution >= 4 is 16.8 Å². The number of para-hydroxylation sites is 1. The average molecular weight is 323 g/mol. The van der Waals surface area contributed by atoms with Crippen LogP contribution in [0.25, 0.3) is 10.9 Å². The van der Waals surface area contributed by atoms with Gasteiger partial charge < -0.3 is 10.4 Å². The highest BCUT2D eigenvalue weighted by atomic mass is 16.3. The standard InChI is InChI=1S/C18H17N3O3/c22-11-13(10-12-6-2-1-3-7-12)19-18(24)16-17(23)14-8-4-5-9-15(14)20-21-16/h1-9,13,22H,10-11H2,(H,19,24)(H,20,23). The van der Waals surface area contributed by atoms with Gasteiger partial charge in [0.15, 0.2) is 5.69 Å². The Kier molecular flexibility index (Phi) is 4.67. The Morgan fingerprint density at radius 2 is 1.83 bits per heavy atom. The summed E-state index contributed by atoms with van der Waals surface area (Å²) in [5.41, 5.74) is 0.915. The summed E-state index contributed by atoms with van der Waals surface area (Å²) >= 11 is 0. The first-order valence-electron chi connectivity index (χ1n) is 7.62. The highest BCUT2D eigenvalue weighted by molar-refractivity contribution is 5.95. The molecule has 0 fully saturated rings. The molecular formula is C18H17N3O3. The molecule has 3 aromatic rings. The number of carbonyl (C=O) groups excluding carboxylic acids is 1. The summed E-state index contributed by atoms with van der Waals surface area (Å²) < 4.78 is 0. The summed E-state index contributed by atoms with van der Waals surface area (Å²) in [5, 5.41) is 19.2. The normalized spacial score (nSPS) is 12.0. The number of benzene rings is 2. The molecule has 0 aliphatic heterocycles. The van der Waals surface area contributed by atoms with Crippen LogP contribution in [0.1, 0.15) is 16.1 Å². The van der Waals surface area contributed by atoms with Crippen LogP contribution in [0.4, 0.5) is 0 Å². The van der Waals surface area contributed by atoms with E-state index in [1.165, 1.54) is 0 Å². The van der Waals surface area contributed by atoms with Crippen LogP contribution < -0.4 is 10.7 Å². The lowest BCUT2D eigenvalue weighted by atomic mass is 10.1. The molecule has 0 saturated heterocycles. The van der Waals surface area contributed by atoms with Gasteiger partial charge in [0.05, 0.1) is 18.2 Å². The molecule has 0 radical (unpaired) electrons. The Labute approximate surface area is 138 Å². The number of nitrogens with one attached hydrogen (secondary N) is 2. The van der Waals surface area contributed by atoms with Crippen LogP contribution in [0.5, 0.6) is 0 Å². The van der Waals surface area contributed by atoms with Gasteiger partial charge in [-0.3, -0.25) is 14.7 Å². The van der Waals surface area contributed by atoms with Crippen LogP contribution in [0.2, 0.25) is 0 Å². The number of H-pyrrole nitrogens is 1. The fraction of sp³-hybridized carbons (Fsp3) is 0.167. The Morgan fingerprint density at radius 3 is 2.58 bits per heavy atom. The Hall–Kier alpha value is -2.99. The Bertz CT molecular complexity index is 906. The van der Waals surface area contributed by atoms with Gasteiger partial charge >= 0.3 is 0 Å². The summed E-state index contributed by atoms with van der Waals surface area (Å²) in [6.45, 7) is -0.230. The summed E-state index contributed by atoms with van der Waals surface area (Å²) in [6.07, 6.45) is 0.467. The molecule has 0 bridgehead atoms. The maximum atomic E-state index is 12.4. The molecule has 1 unspecified atom stereocenters. The van der Waals surface area contributed by atoms with Crippen LogP contribution in [-0.4, -0.2) is 33.9 Å². The second-order valence-corrected chi connectivity index (χ2v) is 5.49. The van der Waals surface area contributed by atoms with Crippen molar-refractivity contribution in [1.82, 2.24) is 15.5 Å². The van der Waals surface area contributed by atoms with Crippen molar-refractivity contribution in [2.24, 2.45) is 0 Å². The van der Waals surface area contributed by atoms with Gasteiger partial charge in [0.2, 0.25) is 5.43 Å². The summed E-state index contributed by atoms with van der Waals surface area (Å²) in [7, 11) is 0. The maximum absolute atomic E-state index is 12.4. The molecule has 1 aromatic heterocycles. The van der Waals surface area contributed by atoms with Gasteiger partial charge in [-0.05, 0) is 24.1 Å². The van der Waals surface area contributed by atoms with Gasteiger partial charge in [0.1, 0.15) is 0 Å². The number of aromatic nitrogens is 2. The molecular weight excluding hydrogens is 306 g/mol. The Morgan fingerprint density at radius 1 is 1.12 bits per heavy atom. The highest BCUT2D eigenvalue weighted by Gasteiger charge is 2.18.